The zero-order valence-corrected chi connectivity index (χ0v) is 14.6. The van der Waals surface area contributed by atoms with Gasteiger partial charge in [0.2, 0.25) is 0 Å². The van der Waals surface area contributed by atoms with E-state index < -0.39 is 0 Å². The van der Waals surface area contributed by atoms with Crippen LogP contribution in [0.4, 0.5) is 0 Å². The van der Waals surface area contributed by atoms with Gasteiger partial charge in [-0.25, -0.2) is 0 Å². The Morgan fingerprint density at radius 3 is 1.74 bits per heavy atom. The summed E-state index contributed by atoms with van der Waals surface area (Å²) in [5.74, 6) is 0. The van der Waals surface area contributed by atoms with E-state index in [1.807, 2.05) is 30.3 Å². The monoisotopic (exact) mass is 344 g/mol. The van der Waals surface area contributed by atoms with E-state index in [9.17, 15) is 5.26 Å². The number of nitrogens with zero attached hydrogens (tertiary/aromatic N) is 2. The minimum Gasteiger partial charge on any atom is -0.309 e. The molecule has 0 atom stereocenters. The van der Waals surface area contributed by atoms with Crippen molar-refractivity contribution in [1.29, 1.82) is 5.26 Å². The number of rotatable bonds is 2. The normalized spacial score (nSPS) is 10.9. The molecule has 0 spiro atoms. The van der Waals surface area contributed by atoms with Crippen molar-refractivity contribution in [3.63, 3.8) is 0 Å². The van der Waals surface area contributed by atoms with E-state index in [-0.39, 0.29) is 0 Å². The molecule has 0 N–H and O–H groups in total. The number of hydrogen-bond donors (Lipinski definition) is 0. The second-order valence-electron chi connectivity index (χ2n) is 6.54. The van der Waals surface area contributed by atoms with Crippen LogP contribution >= 0.6 is 0 Å². The summed E-state index contributed by atoms with van der Waals surface area (Å²) >= 11 is 0. The van der Waals surface area contributed by atoms with E-state index in [1.165, 1.54) is 21.8 Å². The molecular weight excluding hydrogens is 328 g/mol. The molecule has 4 aromatic carbocycles. The summed E-state index contributed by atoms with van der Waals surface area (Å²) < 4.78 is 2.30. The topological polar surface area (TPSA) is 28.7 Å². The third kappa shape index (κ3) is 2.33. The van der Waals surface area contributed by atoms with Crippen molar-refractivity contribution in [1.82, 2.24) is 4.57 Å². The summed E-state index contributed by atoms with van der Waals surface area (Å²) in [6.07, 6.45) is 0. The van der Waals surface area contributed by atoms with Gasteiger partial charge in [0.15, 0.2) is 0 Å². The average Bonchev–Trinajstić information content (AvgIpc) is 3.08. The standard InChI is InChI=1S/C25H16N2/c26-17-18-9-1-2-10-19(18)20-11-3-6-14-23(20)27-24-15-7-4-12-21(24)22-13-5-8-16-25(22)27/h1-16H. The fourth-order valence-electron chi connectivity index (χ4n) is 3.89. The summed E-state index contributed by atoms with van der Waals surface area (Å²) in [6.45, 7) is 0. The number of hydrogen-bond acceptors (Lipinski definition) is 1. The molecule has 0 fully saturated rings. The molecule has 2 nitrogen and oxygen atoms in total. The maximum absolute atomic E-state index is 9.59. The van der Waals surface area contributed by atoms with Gasteiger partial charge in [-0.05, 0) is 24.3 Å². The molecule has 1 aromatic heterocycles. The largest absolute Gasteiger partial charge is 0.309 e. The molecule has 5 aromatic rings. The van der Waals surface area contributed by atoms with Crippen molar-refractivity contribution >= 4 is 21.8 Å². The molecule has 0 aliphatic carbocycles. The molecule has 2 heteroatoms. The van der Waals surface area contributed by atoms with Crippen LogP contribution in [0, 0.1) is 11.3 Å². The van der Waals surface area contributed by atoms with Gasteiger partial charge in [0, 0.05) is 21.9 Å². The van der Waals surface area contributed by atoms with Crippen LogP contribution < -0.4 is 0 Å². The highest BCUT2D eigenvalue weighted by atomic mass is 15.0. The van der Waals surface area contributed by atoms with Crippen molar-refractivity contribution in [2.45, 2.75) is 0 Å². The summed E-state index contributed by atoms with van der Waals surface area (Å²) in [7, 11) is 0. The average molecular weight is 344 g/mol. The summed E-state index contributed by atoms with van der Waals surface area (Å²) in [4.78, 5) is 0. The number of fused-ring (bicyclic) bond motifs is 3. The van der Waals surface area contributed by atoms with Crippen molar-refractivity contribution in [3.8, 4) is 22.9 Å². The highest BCUT2D eigenvalue weighted by Gasteiger charge is 2.15. The first-order chi connectivity index (χ1) is 13.4. The Bertz CT molecular complexity index is 1280. The van der Waals surface area contributed by atoms with Crippen LogP contribution in [-0.2, 0) is 0 Å². The van der Waals surface area contributed by atoms with Crippen LogP contribution in [0.1, 0.15) is 5.56 Å². The second kappa shape index (κ2) is 6.16. The Morgan fingerprint density at radius 2 is 1.07 bits per heavy atom. The van der Waals surface area contributed by atoms with Crippen molar-refractivity contribution < 1.29 is 0 Å². The first-order valence-electron chi connectivity index (χ1n) is 8.95. The number of aromatic nitrogens is 1. The Balaban J connectivity index is 1.92. The number of nitriles is 1. The maximum atomic E-state index is 9.59. The lowest BCUT2D eigenvalue weighted by Crippen LogP contribution is -1.97. The Labute approximate surface area is 157 Å². The Morgan fingerprint density at radius 1 is 0.556 bits per heavy atom. The van der Waals surface area contributed by atoms with Crippen LogP contribution in [0.3, 0.4) is 0 Å². The highest BCUT2D eigenvalue weighted by Crippen LogP contribution is 2.36. The summed E-state index contributed by atoms with van der Waals surface area (Å²) in [5.41, 5.74) is 6.11. The summed E-state index contributed by atoms with van der Waals surface area (Å²) in [6, 6.07) is 35.4. The van der Waals surface area contributed by atoms with E-state index in [1.54, 1.807) is 0 Å². The maximum Gasteiger partial charge on any atom is 0.0998 e. The van der Waals surface area contributed by atoms with Crippen LogP contribution in [0.25, 0.3) is 38.6 Å². The van der Waals surface area contributed by atoms with Gasteiger partial charge in [-0.3, -0.25) is 0 Å². The molecule has 0 saturated carbocycles. The first kappa shape index (κ1) is 15.4. The first-order valence-corrected chi connectivity index (χ1v) is 8.95. The molecule has 27 heavy (non-hydrogen) atoms. The predicted molar refractivity (Wildman–Crippen MR) is 111 cm³/mol. The van der Waals surface area contributed by atoms with Crippen LogP contribution in [0.5, 0.6) is 0 Å². The fraction of sp³-hybridized carbons (Fsp3) is 0. The van der Waals surface area contributed by atoms with Gasteiger partial charge < -0.3 is 4.57 Å². The van der Waals surface area contributed by atoms with Gasteiger partial charge in [0.25, 0.3) is 0 Å². The lowest BCUT2D eigenvalue weighted by molar-refractivity contribution is 1.18. The SMILES string of the molecule is N#Cc1ccccc1-c1ccccc1-n1c2ccccc2c2ccccc21. The molecule has 0 saturated heterocycles. The van der Waals surface area contributed by atoms with Gasteiger partial charge in [0.1, 0.15) is 0 Å². The van der Waals surface area contributed by atoms with Gasteiger partial charge in [0.05, 0.1) is 28.4 Å². The van der Waals surface area contributed by atoms with E-state index >= 15 is 0 Å². The molecule has 126 valence electrons. The van der Waals surface area contributed by atoms with Gasteiger partial charge in [-0.2, -0.15) is 5.26 Å². The molecule has 0 aliphatic rings. The Kier molecular flexibility index (Phi) is 3.52. The molecule has 1 heterocycles. The van der Waals surface area contributed by atoms with Crippen molar-refractivity contribution in [2.75, 3.05) is 0 Å². The van der Waals surface area contributed by atoms with Crippen LogP contribution in [-0.4, -0.2) is 4.57 Å². The third-order valence-corrected chi connectivity index (χ3v) is 5.06. The van der Waals surface area contributed by atoms with Gasteiger partial charge in [-0.1, -0.05) is 72.8 Å². The lowest BCUT2D eigenvalue weighted by Gasteiger charge is -2.14. The minimum absolute atomic E-state index is 0.686. The van der Waals surface area contributed by atoms with Crippen LogP contribution in [0.2, 0.25) is 0 Å². The zero-order chi connectivity index (χ0) is 18.2. The third-order valence-electron chi connectivity index (χ3n) is 5.06. The Hall–Kier alpha value is -3.83. The van der Waals surface area contributed by atoms with E-state index in [0.29, 0.717) is 5.56 Å². The van der Waals surface area contributed by atoms with Gasteiger partial charge >= 0.3 is 0 Å². The van der Waals surface area contributed by atoms with E-state index in [0.717, 1.165) is 16.8 Å². The quantitative estimate of drug-likeness (QED) is 0.368. The fourth-order valence-corrected chi connectivity index (χ4v) is 3.89. The van der Waals surface area contributed by atoms with Crippen molar-refractivity contribution in [3.05, 3.63) is 103 Å². The molecule has 0 unspecified atom stereocenters. The predicted octanol–water partition coefficient (Wildman–Crippen LogP) is 6.32. The van der Waals surface area contributed by atoms with E-state index in [2.05, 4.69) is 77.4 Å². The zero-order valence-electron chi connectivity index (χ0n) is 14.6. The molecule has 0 radical (unpaired) electrons. The second-order valence-corrected chi connectivity index (χ2v) is 6.54. The molecule has 0 aliphatic heterocycles. The summed E-state index contributed by atoms with van der Waals surface area (Å²) in [5, 5.41) is 12.1. The van der Waals surface area contributed by atoms with E-state index in [4.69, 9.17) is 0 Å². The number of benzene rings is 4. The van der Waals surface area contributed by atoms with Crippen molar-refractivity contribution in [2.24, 2.45) is 0 Å². The highest BCUT2D eigenvalue weighted by molar-refractivity contribution is 6.09. The molecule has 0 amide bonds. The van der Waals surface area contributed by atoms with Crippen LogP contribution in [0.15, 0.2) is 97.1 Å². The van der Waals surface area contributed by atoms with Gasteiger partial charge in [-0.15, -0.1) is 0 Å². The smallest absolute Gasteiger partial charge is 0.0998 e. The molecule has 0 bridgehead atoms. The lowest BCUT2D eigenvalue weighted by atomic mass is 9.98. The molecule has 5 rings (SSSR count). The molecular formula is C25H16N2. The minimum atomic E-state index is 0.686. The number of para-hydroxylation sites is 3.